The van der Waals surface area contributed by atoms with Gasteiger partial charge < -0.3 is 9.64 Å². The molecule has 4 aromatic rings. The molecule has 0 spiro atoms. The molecule has 4 heteroatoms. The van der Waals surface area contributed by atoms with Gasteiger partial charge in [-0.05, 0) is 60.9 Å². The molecular weight excluding hydrogens is 346 g/mol. The van der Waals surface area contributed by atoms with Crippen molar-refractivity contribution in [2.45, 2.75) is 12.8 Å². The van der Waals surface area contributed by atoms with Crippen LogP contribution in [0, 0.1) is 0 Å². The van der Waals surface area contributed by atoms with Gasteiger partial charge in [-0.2, -0.15) is 0 Å². The summed E-state index contributed by atoms with van der Waals surface area (Å²) in [6.07, 6.45) is 2.23. The maximum Gasteiger partial charge on any atom is 0.162 e. The zero-order chi connectivity index (χ0) is 18.9. The Kier molecular flexibility index (Phi) is 4.17. The van der Waals surface area contributed by atoms with Crippen molar-refractivity contribution in [2.24, 2.45) is 0 Å². The number of nitrogens with zero attached hydrogens (tertiary/aromatic N) is 3. The van der Waals surface area contributed by atoms with E-state index in [0.717, 1.165) is 53.2 Å². The highest BCUT2D eigenvalue weighted by Gasteiger charge is 2.22. The summed E-state index contributed by atoms with van der Waals surface area (Å²) in [6, 6.07) is 24.8. The fourth-order valence-electron chi connectivity index (χ4n) is 3.89. The third kappa shape index (κ3) is 2.87. The number of hydrogen-bond donors (Lipinski definition) is 0. The number of rotatable bonds is 3. The Morgan fingerprint density at radius 2 is 1.64 bits per heavy atom. The average Bonchev–Trinajstić information content (AvgIpc) is 2.78. The van der Waals surface area contributed by atoms with Gasteiger partial charge in [0.2, 0.25) is 0 Å². The molecule has 0 fully saturated rings. The van der Waals surface area contributed by atoms with Crippen LogP contribution in [0.15, 0.2) is 72.8 Å². The first kappa shape index (κ1) is 16.8. The minimum absolute atomic E-state index is 0.736. The van der Waals surface area contributed by atoms with Crippen molar-refractivity contribution >= 4 is 22.4 Å². The Morgan fingerprint density at radius 1 is 0.857 bits per heavy atom. The van der Waals surface area contributed by atoms with E-state index in [1.807, 2.05) is 30.3 Å². The molecule has 1 aliphatic heterocycles. The normalized spacial score (nSPS) is 13.4. The molecule has 0 saturated carbocycles. The molecule has 0 unspecified atom stereocenters. The molecule has 0 radical (unpaired) electrons. The molecule has 2 heterocycles. The molecule has 0 amide bonds. The van der Waals surface area contributed by atoms with Crippen LogP contribution in [-0.2, 0) is 6.42 Å². The van der Waals surface area contributed by atoms with E-state index in [-0.39, 0.29) is 0 Å². The molecule has 3 aromatic carbocycles. The molecule has 4 nitrogen and oxygen atoms in total. The van der Waals surface area contributed by atoms with Crippen LogP contribution < -0.4 is 9.64 Å². The second kappa shape index (κ2) is 6.97. The maximum absolute atomic E-state index is 5.28. The van der Waals surface area contributed by atoms with E-state index >= 15 is 0 Å². The number of para-hydroxylation sites is 2. The number of ether oxygens (including phenoxy) is 1. The van der Waals surface area contributed by atoms with E-state index in [0.29, 0.717) is 0 Å². The highest BCUT2D eigenvalue weighted by Crippen LogP contribution is 2.36. The molecule has 28 heavy (non-hydrogen) atoms. The van der Waals surface area contributed by atoms with Crippen molar-refractivity contribution in [1.82, 2.24) is 9.97 Å². The summed E-state index contributed by atoms with van der Waals surface area (Å²) >= 11 is 0. The molecule has 0 saturated heterocycles. The van der Waals surface area contributed by atoms with Gasteiger partial charge >= 0.3 is 0 Å². The fraction of sp³-hybridized carbons (Fsp3) is 0.167. The molecule has 0 atom stereocenters. The third-order valence-electron chi connectivity index (χ3n) is 5.30. The van der Waals surface area contributed by atoms with Gasteiger partial charge in [0, 0.05) is 23.2 Å². The van der Waals surface area contributed by atoms with Crippen LogP contribution in [0.2, 0.25) is 0 Å². The summed E-state index contributed by atoms with van der Waals surface area (Å²) in [5, 5.41) is 1.08. The van der Waals surface area contributed by atoms with E-state index in [1.54, 1.807) is 7.11 Å². The first-order valence-electron chi connectivity index (χ1n) is 9.60. The Bertz CT molecular complexity index is 1140. The number of hydrogen-bond acceptors (Lipinski definition) is 4. The summed E-state index contributed by atoms with van der Waals surface area (Å²) in [4.78, 5) is 12.2. The minimum atomic E-state index is 0.736. The summed E-state index contributed by atoms with van der Waals surface area (Å²) in [6.45, 7) is 0.958. The van der Waals surface area contributed by atoms with Crippen molar-refractivity contribution in [2.75, 3.05) is 18.6 Å². The zero-order valence-electron chi connectivity index (χ0n) is 15.8. The summed E-state index contributed by atoms with van der Waals surface area (Å²) < 4.78 is 5.28. The van der Waals surface area contributed by atoms with Crippen LogP contribution in [0.5, 0.6) is 5.75 Å². The van der Waals surface area contributed by atoms with Crippen LogP contribution >= 0.6 is 0 Å². The minimum Gasteiger partial charge on any atom is -0.497 e. The first-order valence-corrected chi connectivity index (χ1v) is 9.60. The second-order valence-electron chi connectivity index (χ2n) is 7.00. The highest BCUT2D eigenvalue weighted by molar-refractivity contribution is 5.93. The molecule has 1 aromatic heterocycles. The number of aryl methyl sites for hydroxylation is 1. The van der Waals surface area contributed by atoms with E-state index in [4.69, 9.17) is 14.7 Å². The van der Waals surface area contributed by atoms with E-state index in [1.165, 1.54) is 11.3 Å². The van der Waals surface area contributed by atoms with Gasteiger partial charge in [0.15, 0.2) is 5.82 Å². The molecule has 5 rings (SSSR count). The van der Waals surface area contributed by atoms with Gasteiger partial charge in [0.1, 0.15) is 11.6 Å². The fourth-order valence-corrected chi connectivity index (χ4v) is 3.89. The van der Waals surface area contributed by atoms with Crippen molar-refractivity contribution in [3.05, 3.63) is 78.4 Å². The van der Waals surface area contributed by atoms with Crippen LogP contribution in [0.4, 0.5) is 11.5 Å². The average molecular weight is 367 g/mol. The number of aromatic nitrogens is 2. The number of anilines is 2. The van der Waals surface area contributed by atoms with Gasteiger partial charge in [0.05, 0.1) is 12.6 Å². The second-order valence-corrected chi connectivity index (χ2v) is 7.00. The van der Waals surface area contributed by atoms with Gasteiger partial charge in [0.25, 0.3) is 0 Å². The lowest BCUT2D eigenvalue weighted by molar-refractivity contribution is 0.415. The highest BCUT2D eigenvalue weighted by atomic mass is 16.5. The summed E-state index contributed by atoms with van der Waals surface area (Å²) in [5.74, 6) is 2.54. The van der Waals surface area contributed by atoms with E-state index in [9.17, 15) is 0 Å². The standard InChI is InChI=1S/C24H21N3O/c1-28-19-14-12-18(13-15-19)23-25-21-10-4-3-9-20(21)24(26-23)27-16-6-8-17-7-2-5-11-22(17)27/h2-5,7,9-15H,6,8,16H2,1H3. The van der Waals surface area contributed by atoms with Gasteiger partial charge in [-0.25, -0.2) is 9.97 Å². The monoisotopic (exact) mass is 367 g/mol. The topological polar surface area (TPSA) is 38.2 Å². The van der Waals surface area contributed by atoms with Crippen molar-refractivity contribution < 1.29 is 4.74 Å². The van der Waals surface area contributed by atoms with Crippen molar-refractivity contribution in [3.8, 4) is 17.1 Å². The smallest absolute Gasteiger partial charge is 0.162 e. The Morgan fingerprint density at radius 3 is 2.50 bits per heavy atom. The molecule has 0 aliphatic carbocycles. The zero-order valence-corrected chi connectivity index (χ0v) is 15.8. The van der Waals surface area contributed by atoms with E-state index < -0.39 is 0 Å². The maximum atomic E-state index is 5.28. The quantitative estimate of drug-likeness (QED) is 0.487. The molecule has 0 N–H and O–H groups in total. The van der Waals surface area contributed by atoms with Gasteiger partial charge in [-0.15, -0.1) is 0 Å². The summed E-state index contributed by atoms with van der Waals surface area (Å²) in [7, 11) is 1.67. The van der Waals surface area contributed by atoms with E-state index in [2.05, 4.69) is 47.4 Å². The Labute approximate surface area is 164 Å². The van der Waals surface area contributed by atoms with Gasteiger partial charge in [-0.1, -0.05) is 30.3 Å². The largest absolute Gasteiger partial charge is 0.497 e. The lowest BCUT2D eigenvalue weighted by atomic mass is 10.0. The first-order chi connectivity index (χ1) is 13.8. The molecule has 1 aliphatic rings. The van der Waals surface area contributed by atoms with Crippen molar-refractivity contribution in [1.29, 1.82) is 0 Å². The van der Waals surface area contributed by atoms with Crippen LogP contribution in [0.3, 0.4) is 0 Å². The number of methoxy groups -OCH3 is 1. The van der Waals surface area contributed by atoms with Gasteiger partial charge in [-0.3, -0.25) is 0 Å². The third-order valence-corrected chi connectivity index (χ3v) is 5.30. The number of benzene rings is 3. The summed E-state index contributed by atoms with van der Waals surface area (Å²) in [5.41, 5.74) is 4.57. The predicted molar refractivity (Wildman–Crippen MR) is 113 cm³/mol. The van der Waals surface area contributed by atoms with Crippen LogP contribution in [0.25, 0.3) is 22.3 Å². The Hall–Kier alpha value is -3.40. The SMILES string of the molecule is COc1ccc(-c2nc(N3CCCc4ccccc43)c3ccccc3n2)cc1. The lowest BCUT2D eigenvalue weighted by Gasteiger charge is -2.31. The van der Waals surface area contributed by atoms with Crippen LogP contribution in [-0.4, -0.2) is 23.6 Å². The Balaban J connectivity index is 1.70. The van der Waals surface area contributed by atoms with Crippen LogP contribution in [0.1, 0.15) is 12.0 Å². The number of fused-ring (bicyclic) bond motifs is 2. The molecule has 138 valence electrons. The molecular formula is C24H21N3O. The predicted octanol–water partition coefficient (Wildman–Crippen LogP) is 5.39. The molecule has 0 bridgehead atoms. The van der Waals surface area contributed by atoms with Crippen molar-refractivity contribution in [3.63, 3.8) is 0 Å². The lowest BCUT2D eigenvalue weighted by Crippen LogP contribution is -2.25.